The van der Waals surface area contributed by atoms with Gasteiger partial charge in [-0.05, 0) is 25.7 Å². The van der Waals surface area contributed by atoms with Gasteiger partial charge in [0.2, 0.25) is 0 Å². The van der Waals surface area contributed by atoms with Gasteiger partial charge in [-0.2, -0.15) is 0 Å². The molecular formula is C12H20O3. The van der Waals surface area contributed by atoms with Crippen LogP contribution in [0.25, 0.3) is 0 Å². The van der Waals surface area contributed by atoms with E-state index in [1.165, 1.54) is 0 Å². The summed E-state index contributed by atoms with van der Waals surface area (Å²) >= 11 is 0. The zero-order chi connectivity index (χ0) is 11.1. The van der Waals surface area contributed by atoms with Crippen molar-refractivity contribution in [1.29, 1.82) is 0 Å². The number of carbonyl (C=O) groups excluding carboxylic acids is 1. The Morgan fingerprint density at radius 2 is 2.27 bits per heavy atom. The van der Waals surface area contributed by atoms with Crippen molar-refractivity contribution in [3.63, 3.8) is 0 Å². The highest BCUT2D eigenvalue weighted by molar-refractivity contribution is 5.86. The number of Topliss-reactive ketones (excluding diaryl/α,β-unsaturated/α-hetero) is 1. The minimum Gasteiger partial charge on any atom is -0.365 e. The number of rotatable bonds is 1. The van der Waals surface area contributed by atoms with Gasteiger partial charge in [0.05, 0.1) is 11.5 Å². The molecule has 2 fully saturated rings. The van der Waals surface area contributed by atoms with Gasteiger partial charge in [0.15, 0.2) is 5.79 Å². The Balaban J connectivity index is 2.18. The van der Waals surface area contributed by atoms with Crippen molar-refractivity contribution in [2.45, 2.75) is 64.3 Å². The second-order valence-electron chi connectivity index (χ2n) is 5.14. The van der Waals surface area contributed by atoms with Gasteiger partial charge in [-0.1, -0.05) is 13.8 Å². The Kier molecular flexibility index (Phi) is 2.63. The second kappa shape index (κ2) is 3.56. The van der Waals surface area contributed by atoms with Crippen LogP contribution in [0.3, 0.4) is 0 Å². The van der Waals surface area contributed by atoms with Crippen LogP contribution in [0.5, 0.6) is 0 Å². The molecule has 0 aromatic carbocycles. The van der Waals surface area contributed by atoms with Gasteiger partial charge in [0, 0.05) is 12.8 Å². The van der Waals surface area contributed by atoms with E-state index >= 15 is 0 Å². The maximum absolute atomic E-state index is 11.9. The van der Waals surface area contributed by atoms with Gasteiger partial charge in [0.1, 0.15) is 5.78 Å². The monoisotopic (exact) mass is 212 g/mol. The highest BCUT2D eigenvalue weighted by Gasteiger charge is 2.51. The van der Waals surface area contributed by atoms with Gasteiger partial charge in [-0.3, -0.25) is 4.79 Å². The number of hydrogen-bond donors (Lipinski definition) is 1. The Morgan fingerprint density at radius 3 is 2.93 bits per heavy atom. The molecular weight excluding hydrogens is 192 g/mol. The van der Waals surface area contributed by atoms with Gasteiger partial charge < -0.3 is 9.84 Å². The fourth-order valence-corrected chi connectivity index (χ4v) is 2.76. The maximum Gasteiger partial charge on any atom is 0.165 e. The molecule has 3 atom stereocenters. The molecule has 1 aliphatic carbocycles. The summed E-state index contributed by atoms with van der Waals surface area (Å²) in [4.78, 5) is 11.9. The fraction of sp³-hybridized carbons (Fsp3) is 0.917. The van der Waals surface area contributed by atoms with Gasteiger partial charge >= 0.3 is 0 Å². The second-order valence-corrected chi connectivity index (χ2v) is 5.14. The molecule has 0 radical (unpaired) electrons. The number of ether oxygens (including phenoxy) is 1. The van der Waals surface area contributed by atoms with Gasteiger partial charge in [-0.25, -0.2) is 0 Å². The van der Waals surface area contributed by atoms with Crippen LogP contribution in [0, 0.1) is 5.41 Å². The predicted molar refractivity (Wildman–Crippen MR) is 56.3 cm³/mol. The molecule has 0 spiro atoms. The Hall–Kier alpha value is -0.410. The molecule has 3 nitrogen and oxygen atoms in total. The average molecular weight is 212 g/mol. The molecule has 0 amide bonds. The normalized spacial score (nSPS) is 46.3. The lowest BCUT2D eigenvalue weighted by Crippen LogP contribution is -2.54. The van der Waals surface area contributed by atoms with E-state index in [1.54, 1.807) is 0 Å². The fourth-order valence-electron chi connectivity index (χ4n) is 2.76. The summed E-state index contributed by atoms with van der Waals surface area (Å²) in [6.45, 7) is 3.92. The lowest BCUT2D eigenvalue weighted by atomic mass is 9.67. The van der Waals surface area contributed by atoms with Crippen LogP contribution < -0.4 is 0 Å². The highest BCUT2D eigenvalue weighted by atomic mass is 16.6. The molecule has 1 saturated carbocycles. The Morgan fingerprint density at radius 1 is 1.53 bits per heavy atom. The Labute approximate surface area is 90.8 Å². The third-order valence-corrected chi connectivity index (χ3v) is 4.17. The van der Waals surface area contributed by atoms with E-state index < -0.39 is 5.79 Å². The average Bonchev–Trinajstić information content (AvgIpc) is 2.22. The number of fused-ring (bicyclic) bond motifs is 1. The molecule has 86 valence electrons. The molecule has 2 rings (SSSR count). The van der Waals surface area contributed by atoms with Crippen LogP contribution >= 0.6 is 0 Å². The molecule has 0 unspecified atom stereocenters. The molecule has 1 aliphatic heterocycles. The van der Waals surface area contributed by atoms with Crippen LogP contribution in [0.1, 0.15) is 52.4 Å². The minimum atomic E-state index is -0.984. The van der Waals surface area contributed by atoms with Crippen LogP contribution in [0.15, 0.2) is 0 Å². The summed E-state index contributed by atoms with van der Waals surface area (Å²) in [5.74, 6) is -0.668. The summed E-state index contributed by atoms with van der Waals surface area (Å²) in [7, 11) is 0. The molecule has 2 aliphatic rings. The molecule has 15 heavy (non-hydrogen) atoms. The third kappa shape index (κ3) is 1.72. The van der Waals surface area contributed by atoms with Crippen LogP contribution in [-0.4, -0.2) is 22.8 Å². The standard InChI is InChI=1S/C12H20O3/c1-3-12(14)8-7-11(2)9(13)5-4-6-10(11)15-12/h10,14H,3-8H2,1-2H3/t10-,11+,12+/m0/s1. The summed E-state index contributed by atoms with van der Waals surface area (Å²) in [5, 5.41) is 10.1. The smallest absolute Gasteiger partial charge is 0.165 e. The van der Waals surface area contributed by atoms with Crippen molar-refractivity contribution < 1.29 is 14.6 Å². The third-order valence-electron chi connectivity index (χ3n) is 4.17. The molecule has 1 N–H and O–H groups in total. The SMILES string of the molecule is CC[C@]1(O)CC[C@]2(C)C(=O)CCC[C@@H]2O1. The van der Waals surface area contributed by atoms with Crippen molar-refractivity contribution in [3.05, 3.63) is 0 Å². The van der Waals surface area contributed by atoms with E-state index in [9.17, 15) is 9.90 Å². The summed E-state index contributed by atoms with van der Waals surface area (Å²) in [5.41, 5.74) is -0.334. The van der Waals surface area contributed by atoms with E-state index in [2.05, 4.69) is 0 Å². The van der Waals surface area contributed by atoms with E-state index in [0.717, 1.165) is 19.3 Å². The lowest BCUT2D eigenvalue weighted by molar-refractivity contribution is -0.284. The number of ketones is 1. The number of carbonyl (C=O) groups is 1. The van der Waals surface area contributed by atoms with Crippen molar-refractivity contribution >= 4 is 5.78 Å². The van der Waals surface area contributed by atoms with E-state index in [1.807, 2.05) is 13.8 Å². The van der Waals surface area contributed by atoms with Crippen LogP contribution in [0.2, 0.25) is 0 Å². The molecule has 0 aromatic heterocycles. The molecule has 1 saturated heterocycles. The summed E-state index contributed by atoms with van der Waals surface area (Å²) in [6.07, 6.45) is 4.37. The Bertz CT molecular complexity index is 276. The molecule has 3 heteroatoms. The largest absolute Gasteiger partial charge is 0.365 e. The van der Waals surface area contributed by atoms with Crippen molar-refractivity contribution in [2.24, 2.45) is 5.41 Å². The topological polar surface area (TPSA) is 46.5 Å². The quantitative estimate of drug-likeness (QED) is 0.723. The van der Waals surface area contributed by atoms with Crippen molar-refractivity contribution in [3.8, 4) is 0 Å². The lowest BCUT2D eigenvalue weighted by Gasteiger charge is -2.49. The zero-order valence-corrected chi connectivity index (χ0v) is 9.58. The van der Waals surface area contributed by atoms with E-state index in [0.29, 0.717) is 25.0 Å². The van der Waals surface area contributed by atoms with Gasteiger partial charge in [0.25, 0.3) is 0 Å². The molecule has 1 heterocycles. The summed E-state index contributed by atoms with van der Waals surface area (Å²) in [6, 6.07) is 0. The minimum absolute atomic E-state index is 0.0718. The van der Waals surface area contributed by atoms with E-state index in [-0.39, 0.29) is 11.5 Å². The zero-order valence-electron chi connectivity index (χ0n) is 9.58. The first-order chi connectivity index (χ1) is 7.00. The predicted octanol–water partition coefficient (Wildman–Crippen LogP) is 2.02. The van der Waals surface area contributed by atoms with Gasteiger partial charge in [-0.15, -0.1) is 0 Å². The highest BCUT2D eigenvalue weighted by Crippen LogP contribution is 2.46. The molecule has 0 aromatic rings. The summed E-state index contributed by atoms with van der Waals surface area (Å²) < 4.78 is 5.74. The maximum atomic E-state index is 11.9. The number of hydrogen-bond acceptors (Lipinski definition) is 3. The van der Waals surface area contributed by atoms with Crippen LogP contribution in [0.4, 0.5) is 0 Å². The van der Waals surface area contributed by atoms with Crippen molar-refractivity contribution in [1.82, 2.24) is 0 Å². The van der Waals surface area contributed by atoms with Crippen LogP contribution in [-0.2, 0) is 9.53 Å². The van der Waals surface area contributed by atoms with Crippen molar-refractivity contribution in [2.75, 3.05) is 0 Å². The first kappa shape index (κ1) is 11.1. The first-order valence-corrected chi connectivity index (χ1v) is 5.94. The molecule has 0 bridgehead atoms. The van der Waals surface area contributed by atoms with E-state index in [4.69, 9.17) is 4.74 Å². The number of aliphatic hydroxyl groups is 1. The first-order valence-electron chi connectivity index (χ1n) is 5.94.